The number of esters is 1. The van der Waals surface area contributed by atoms with Crippen molar-refractivity contribution in [1.82, 2.24) is 0 Å². The van der Waals surface area contributed by atoms with Crippen molar-refractivity contribution in [2.75, 3.05) is 0 Å². The van der Waals surface area contributed by atoms with E-state index in [0.717, 1.165) is 29.5 Å². The summed E-state index contributed by atoms with van der Waals surface area (Å²) in [5.74, 6) is 2.49. The maximum absolute atomic E-state index is 12.1. The summed E-state index contributed by atoms with van der Waals surface area (Å²) >= 11 is 0. The molecule has 0 saturated carbocycles. The smallest absolute Gasteiger partial charge is 0.339 e. The number of fused-ring (bicyclic) bond motifs is 3. The molecule has 0 aliphatic carbocycles. The molecule has 2 aliphatic heterocycles. The second-order valence-corrected chi connectivity index (χ2v) is 5.59. The van der Waals surface area contributed by atoms with Crippen LogP contribution < -0.4 is 9.47 Å². The molecule has 4 heteroatoms. The van der Waals surface area contributed by atoms with Gasteiger partial charge in [0.05, 0.1) is 5.56 Å². The van der Waals surface area contributed by atoms with Gasteiger partial charge in [-0.25, -0.2) is 4.79 Å². The third-order valence-electron chi connectivity index (χ3n) is 4.20. The van der Waals surface area contributed by atoms with E-state index in [1.54, 1.807) is 0 Å². The number of carbonyl (C=O) groups is 1. The minimum atomic E-state index is -0.258. The quantitative estimate of drug-likeness (QED) is 0.652. The van der Waals surface area contributed by atoms with Crippen LogP contribution >= 0.6 is 0 Å². The van der Waals surface area contributed by atoms with Gasteiger partial charge in [-0.1, -0.05) is 25.5 Å². The molecule has 0 N–H and O–H groups in total. The van der Waals surface area contributed by atoms with E-state index >= 15 is 0 Å². The standard InChI is InChI=1S/C18H16O4/c1-3-6-11-15-12(9-20-18(15)19)10(2)16-17(11)22-14-8-5-4-7-13(14)21-16/h4-5,7-8H,3,6,9H2,1-2H3. The minimum absolute atomic E-state index is 0.258. The summed E-state index contributed by atoms with van der Waals surface area (Å²) in [6.07, 6.45) is 1.67. The summed E-state index contributed by atoms with van der Waals surface area (Å²) in [5.41, 5.74) is 3.41. The van der Waals surface area contributed by atoms with Crippen LogP contribution in [0.2, 0.25) is 0 Å². The monoisotopic (exact) mass is 296 g/mol. The first-order chi connectivity index (χ1) is 10.7. The molecular weight excluding hydrogens is 280 g/mol. The molecule has 2 aromatic rings. The molecule has 4 nitrogen and oxygen atoms in total. The molecule has 4 rings (SSSR count). The van der Waals surface area contributed by atoms with Crippen LogP contribution in [0, 0.1) is 6.92 Å². The van der Waals surface area contributed by atoms with Crippen molar-refractivity contribution in [3.8, 4) is 23.0 Å². The molecule has 2 heterocycles. The van der Waals surface area contributed by atoms with Gasteiger partial charge in [0.2, 0.25) is 0 Å². The van der Waals surface area contributed by atoms with Crippen molar-refractivity contribution >= 4 is 5.97 Å². The van der Waals surface area contributed by atoms with Gasteiger partial charge in [-0.15, -0.1) is 0 Å². The Balaban J connectivity index is 1.97. The molecule has 2 aliphatic rings. The summed E-state index contributed by atoms with van der Waals surface area (Å²) in [5, 5.41) is 0. The first-order valence-corrected chi connectivity index (χ1v) is 7.50. The average molecular weight is 296 g/mol. The summed E-state index contributed by atoms with van der Waals surface area (Å²) in [6.45, 7) is 4.35. The largest absolute Gasteiger partial charge is 0.457 e. The Morgan fingerprint density at radius 3 is 2.45 bits per heavy atom. The highest BCUT2D eigenvalue weighted by molar-refractivity contribution is 5.97. The van der Waals surface area contributed by atoms with Crippen LogP contribution in [0.25, 0.3) is 0 Å². The zero-order chi connectivity index (χ0) is 15.3. The van der Waals surface area contributed by atoms with Crippen LogP contribution in [0.3, 0.4) is 0 Å². The number of benzene rings is 2. The number of rotatable bonds is 2. The third-order valence-corrected chi connectivity index (χ3v) is 4.20. The van der Waals surface area contributed by atoms with Gasteiger partial charge in [0.15, 0.2) is 23.0 Å². The number of hydrogen-bond donors (Lipinski definition) is 0. The lowest BCUT2D eigenvalue weighted by atomic mass is 9.93. The first-order valence-electron chi connectivity index (χ1n) is 7.50. The highest BCUT2D eigenvalue weighted by Crippen LogP contribution is 2.51. The van der Waals surface area contributed by atoms with Crippen LogP contribution in [-0.2, 0) is 17.8 Å². The van der Waals surface area contributed by atoms with E-state index in [2.05, 4.69) is 6.92 Å². The lowest BCUT2D eigenvalue weighted by Gasteiger charge is -2.25. The van der Waals surface area contributed by atoms with E-state index in [1.807, 2.05) is 31.2 Å². The first kappa shape index (κ1) is 13.2. The van der Waals surface area contributed by atoms with E-state index in [9.17, 15) is 4.79 Å². The minimum Gasteiger partial charge on any atom is -0.457 e. The van der Waals surface area contributed by atoms with E-state index in [-0.39, 0.29) is 5.97 Å². The maximum Gasteiger partial charge on any atom is 0.339 e. The average Bonchev–Trinajstić information content (AvgIpc) is 2.92. The predicted molar refractivity (Wildman–Crippen MR) is 80.9 cm³/mol. The van der Waals surface area contributed by atoms with Crippen molar-refractivity contribution < 1.29 is 19.0 Å². The van der Waals surface area contributed by atoms with E-state index in [1.165, 1.54) is 0 Å². The molecule has 2 aromatic carbocycles. The Hall–Kier alpha value is -2.49. The fourth-order valence-corrected chi connectivity index (χ4v) is 3.12. The molecule has 0 aromatic heterocycles. The molecule has 0 saturated heterocycles. The molecule has 0 atom stereocenters. The van der Waals surface area contributed by atoms with Gasteiger partial charge >= 0.3 is 5.97 Å². The molecule has 0 spiro atoms. The van der Waals surface area contributed by atoms with Crippen LogP contribution in [0.15, 0.2) is 24.3 Å². The van der Waals surface area contributed by atoms with Crippen molar-refractivity contribution in [3.63, 3.8) is 0 Å². The fraction of sp³-hybridized carbons (Fsp3) is 0.278. The van der Waals surface area contributed by atoms with Gasteiger partial charge in [-0.3, -0.25) is 0 Å². The zero-order valence-electron chi connectivity index (χ0n) is 12.6. The Kier molecular flexibility index (Phi) is 2.86. The molecule has 0 radical (unpaired) electrons. The van der Waals surface area contributed by atoms with Gasteiger partial charge in [0.1, 0.15) is 6.61 Å². The van der Waals surface area contributed by atoms with Gasteiger partial charge in [0, 0.05) is 16.7 Å². The SMILES string of the molecule is CCCc1c2c(c(C)c3c1C(=O)OC3)Oc1ccccc1O2. The topological polar surface area (TPSA) is 44.8 Å². The van der Waals surface area contributed by atoms with Crippen LogP contribution in [0.4, 0.5) is 0 Å². The van der Waals surface area contributed by atoms with Crippen molar-refractivity contribution in [2.45, 2.75) is 33.3 Å². The molecular formula is C18H16O4. The second kappa shape index (κ2) is 4.77. The van der Waals surface area contributed by atoms with Gasteiger partial charge < -0.3 is 14.2 Å². The van der Waals surface area contributed by atoms with Gasteiger partial charge in [0.25, 0.3) is 0 Å². The number of hydrogen-bond acceptors (Lipinski definition) is 4. The van der Waals surface area contributed by atoms with Crippen LogP contribution in [0.5, 0.6) is 23.0 Å². The second-order valence-electron chi connectivity index (χ2n) is 5.59. The van der Waals surface area contributed by atoms with Crippen molar-refractivity contribution in [3.05, 3.63) is 46.5 Å². The lowest BCUT2D eigenvalue weighted by Crippen LogP contribution is -2.09. The van der Waals surface area contributed by atoms with E-state index in [4.69, 9.17) is 14.2 Å². The number of ether oxygens (including phenoxy) is 3. The lowest BCUT2D eigenvalue weighted by molar-refractivity contribution is 0.0534. The molecule has 0 fully saturated rings. The van der Waals surface area contributed by atoms with Crippen LogP contribution in [-0.4, -0.2) is 5.97 Å². The summed E-state index contributed by atoms with van der Waals surface area (Å²) in [6, 6.07) is 7.57. The molecule has 0 amide bonds. The number of carbonyl (C=O) groups excluding carboxylic acids is 1. The van der Waals surface area contributed by atoms with Gasteiger partial charge in [-0.05, 0) is 25.5 Å². The fourth-order valence-electron chi connectivity index (χ4n) is 3.12. The summed E-state index contributed by atoms with van der Waals surface area (Å²) in [7, 11) is 0. The Labute approximate surface area is 128 Å². The Morgan fingerprint density at radius 1 is 1.09 bits per heavy atom. The van der Waals surface area contributed by atoms with Crippen molar-refractivity contribution in [2.24, 2.45) is 0 Å². The van der Waals surface area contributed by atoms with Gasteiger partial charge in [-0.2, -0.15) is 0 Å². The molecule has 22 heavy (non-hydrogen) atoms. The predicted octanol–water partition coefficient (Wildman–Crippen LogP) is 4.52. The Morgan fingerprint density at radius 2 is 1.77 bits per heavy atom. The van der Waals surface area contributed by atoms with E-state index in [0.29, 0.717) is 35.2 Å². The Bertz CT molecular complexity index is 792. The third kappa shape index (κ3) is 1.73. The zero-order valence-corrected chi connectivity index (χ0v) is 12.6. The normalized spacial score (nSPS) is 14.4. The van der Waals surface area contributed by atoms with Crippen LogP contribution in [0.1, 0.15) is 40.4 Å². The number of cyclic esters (lactones) is 1. The highest BCUT2D eigenvalue weighted by atomic mass is 16.6. The maximum atomic E-state index is 12.1. The summed E-state index contributed by atoms with van der Waals surface area (Å²) < 4.78 is 17.4. The van der Waals surface area contributed by atoms with E-state index < -0.39 is 0 Å². The molecule has 112 valence electrons. The highest BCUT2D eigenvalue weighted by Gasteiger charge is 2.35. The van der Waals surface area contributed by atoms with Crippen molar-refractivity contribution in [1.29, 1.82) is 0 Å². The molecule has 0 bridgehead atoms. The summed E-state index contributed by atoms with van der Waals surface area (Å²) in [4.78, 5) is 12.1. The number of para-hydroxylation sites is 2. The molecule has 0 unspecified atom stereocenters.